The van der Waals surface area contributed by atoms with Crippen molar-refractivity contribution in [3.05, 3.63) is 82.7 Å². The third kappa shape index (κ3) is 6.27. The molecular weight excluding hydrogens is 552 g/mol. The lowest BCUT2D eigenvalue weighted by atomic mass is 9.89. The highest BCUT2D eigenvalue weighted by atomic mass is 19.3. The third-order valence-electron chi connectivity index (χ3n) is 8.52. The van der Waals surface area contributed by atoms with Crippen LogP contribution in [0.1, 0.15) is 79.0 Å². The molecule has 2 fully saturated rings. The summed E-state index contributed by atoms with van der Waals surface area (Å²) in [5.74, 6) is -4.01. The molecule has 0 radical (unpaired) electrons. The first-order valence-corrected chi connectivity index (χ1v) is 14.7. The second kappa shape index (κ2) is 11.3. The highest BCUT2D eigenvalue weighted by Gasteiger charge is 2.70. The summed E-state index contributed by atoms with van der Waals surface area (Å²) in [6.07, 6.45) is -0.779. The minimum Gasteiger partial charge on any atom is -0.479 e. The zero-order valence-corrected chi connectivity index (χ0v) is 25.3. The number of aliphatic carboxylic acids is 1. The van der Waals surface area contributed by atoms with Gasteiger partial charge in [-0.3, -0.25) is 9.78 Å². The lowest BCUT2D eigenvalue weighted by Crippen LogP contribution is -2.39. The first-order valence-electron chi connectivity index (χ1n) is 14.7. The average Bonchev–Trinajstić information content (AvgIpc) is 3.49. The van der Waals surface area contributed by atoms with Crippen LogP contribution in [0.15, 0.2) is 54.6 Å². The smallest absolute Gasteiger partial charge is 0.337 e. The van der Waals surface area contributed by atoms with E-state index >= 15 is 0 Å². The van der Waals surface area contributed by atoms with Crippen molar-refractivity contribution in [1.82, 2.24) is 10.3 Å². The minimum atomic E-state index is -2.65. The summed E-state index contributed by atoms with van der Waals surface area (Å²) in [7, 11) is 0. The summed E-state index contributed by atoms with van der Waals surface area (Å²) in [4.78, 5) is 32.3. The SMILES string of the molecule is Cc1nc(C)c(C(OC(C)(C)C)C(=O)O)c(N2CCC3(CC2)CC3(F)F)c1-c1ccc(C(=O)NCc2ccccc2)cc1. The molecule has 5 rings (SSSR count). The average molecular weight is 592 g/mol. The molecule has 3 aromatic rings. The molecule has 1 aliphatic carbocycles. The van der Waals surface area contributed by atoms with Gasteiger partial charge in [0.25, 0.3) is 11.8 Å². The number of anilines is 1. The maximum absolute atomic E-state index is 14.3. The number of aromatic nitrogens is 1. The van der Waals surface area contributed by atoms with Crippen molar-refractivity contribution in [3.63, 3.8) is 0 Å². The van der Waals surface area contributed by atoms with E-state index < -0.39 is 29.0 Å². The van der Waals surface area contributed by atoms with Gasteiger partial charge in [0.1, 0.15) is 0 Å². The van der Waals surface area contributed by atoms with E-state index in [2.05, 4.69) is 5.32 Å². The number of nitrogens with one attached hydrogen (secondary N) is 1. The van der Waals surface area contributed by atoms with Crippen molar-refractivity contribution in [2.24, 2.45) is 5.41 Å². The van der Waals surface area contributed by atoms with E-state index in [1.54, 1.807) is 39.8 Å². The van der Waals surface area contributed by atoms with Crippen molar-refractivity contribution in [2.45, 2.75) is 78.1 Å². The molecule has 2 aromatic carbocycles. The topological polar surface area (TPSA) is 91.8 Å². The van der Waals surface area contributed by atoms with Crippen LogP contribution in [-0.2, 0) is 16.1 Å². The molecule has 1 saturated heterocycles. The summed E-state index contributed by atoms with van der Waals surface area (Å²) in [5, 5.41) is 13.3. The van der Waals surface area contributed by atoms with Gasteiger partial charge in [0.05, 0.1) is 11.3 Å². The molecule has 228 valence electrons. The number of nitrogens with zero attached hydrogens (tertiary/aromatic N) is 2. The zero-order chi connectivity index (χ0) is 31.2. The summed E-state index contributed by atoms with van der Waals surface area (Å²) in [6.45, 7) is 10.1. The molecular formula is C34H39F2N3O4. The van der Waals surface area contributed by atoms with Crippen molar-refractivity contribution in [2.75, 3.05) is 18.0 Å². The van der Waals surface area contributed by atoms with Crippen LogP contribution >= 0.6 is 0 Å². The van der Waals surface area contributed by atoms with Crippen LogP contribution < -0.4 is 10.2 Å². The van der Waals surface area contributed by atoms with E-state index in [0.29, 0.717) is 66.2 Å². The number of halogens is 2. The molecule has 1 saturated carbocycles. The van der Waals surface area contributed by atoms with Gasteiger partial charge >= 0.3 is 5.97 Å². The molecule has 1 spiro atoms. The van der Waals surface area contributed by atoms with E-state index in [1.165, 1.54) is 0 Å². The number of carboxylic acid groups (broad SMARTS) is 1. The number of pyridine rings is 1. The van der Waals surface area contributed by atoms with Crippen LogP contribution in [0.4, 0.5) is 14.5 Å². The fourth-order valence-electron chi connectivity index (χ4n) is 6.17. The Morgan fingerprint density at radius 1 is 1.02 bits per heavy atom. The fraction of sp³-hybridized carbons (Fsp3) is 0.441. The van der Waals surface area contributed by atoms with Gasteiger partial charge in [0.15, 0.2) is 6.10 Å². The van der Waals surface area contributed by atoms with Gasteiger partial charge in [-0.25, -0.2) is 13.6 Å². The second-order valence-electron chi connectivity index (χ2n) is 12.8. The molecule has 9 heteroatoms. The Morgan fingerprint density at radius 2 is 1.63 bits per heavy atom. The number of carbonyl (C=O) groups is 2. The molecule has 2 N–H and O–H groups in total. The molecule has 2 aliphatic rings. The predicted molar refractivity (Wildman–Crippen MR) is 161 cm³/mol. The number of rotatable bonds is 8. The number of carbonyl (C=O) groups excluding carboxylic acids is 1. The van der Waals surface area contributed by atoms with Crippen LogP contribution in [0.2, 0.25) is 0 Å². The quantitative estimate of drug-likeness (QED) is 0.297. The summed E-state index contributed by atoms with van der Waals surface area (Å²) in [6, 6.07) is 16.7. The number of hydrogen-bond donors (Lipinski definition) is 2. The molecule has 2 heterocycles. The predicted octanol–water partition coefficient (Wildman–Crippen LogP) is 6.86. The van der Waals surface area contributed by atoms with Crippen molar-refractivity contribution in [1.29, 1.82) is 0 Å². The minimum absolute atomic E-state index is 0.0966. The Balaban J connectivity index is 1.54. The van der Waals surface area contributed by atoms with Crippen LogP contribution in [0, 0.1) is 19.3 Å². The van der Waals surface area contributed by atoms with Gasteiger partial charge < -0.3 is 20.1 Å². The summed E-state index contributed by atoms with van der Waals surface area (Å²) in [5.41, 5.74) is 3.44. The summed E-state index contributed by atoms with van der Waals surface area (Å²) < 4.78 is 34.6. The van der Waals surface area contributed by atoms with Crippen LogP contribution in [0.5, 0.6) is 0 Å². The molecule has 1 amide bonds. The normalized spacial score (nSPS) is 17.9. The van der Waals surface area contributed by atoms with Crippen LogP contribution in [0.3, 0.4) is 0 Å². The van der Waals surface area contributed by atoms with Gasteiger partial charge in [0, 0.05) is 59.5 Å². The number of carboxylic acids is 1. The number of benzene rings is 2. The van der Waals surface area contributed by atoms with Gasteiger partial charge in [-0.1, -0.05) is 42.5 Å². The Labute approximate surface area is 251 Å². The van der Waals surface area contributed by atoms with Gasteiger partial charge in [-0.15, -0.1) is 0 Å². The van der Waals surface area contributed by atoms with E-state index in [-0.39, 0.29) is 12.3 Å². The lowest BCUT2D eigenvalue weighted by Gasteiger charge is -2.38. The molecule has 1 aromatic heterocycles. The van der Waals surface area contributed by atoms with Crippen LogP contribution in [-0.4, -0.2) is 46.6 Å². The Bertz CT molecular complexity index is 1510. The number of aryl methyl sites for hydroxylation is 2. The first kappa shape index (κ1) is 30.6. The summed E-state index contributed by atoms with van der Waals surface area (Å²) >= 11 is 0. The number of ether oxygens (including phenoxy) is 1. The molecule has 43 heavy (non-hydrogen) atoms. The number of alkyl halides is 2. The lowest BCUT2D eigenvalue weighted by molar-refractivity contribution is -0.160. The molecule has 0 bridgehead atoms. The van der Waals surface area contributed by atoms with E-state index in [1.807, 2.05) is 54.3 Å². The number of hydrogen-bond acceptors (Lipinski definition) is 5. The zero-order valence-electron chi connectivity index (χ0n) is 25.3. The number of piperidine rings is 1. The van der Waals surface area contributed by atoms with E-state index in [0.717, 1.165) is 11.1 Å². The fourth-order valence-corrected chi connectivity index (χ4v) is 6.17. The van der Waals surface area contributed by atoms with Crippen LogP contribution in [0.25, 0.3) is 11.1 Å². The monoisotopic (exact) mass is 591 g/mol. The Hall–Kier alpha value is -3.85. The van der Waals surface area contributed by atoms with Gasteiger partial charge in [0.2, 0.25) is 0 Å². The maximum atomic E-state index is 14.3. The highest BCUT2D eigenvalue weighted by Crippen LogP contribution is 2.66. The third-order valence-corrected chi connectivity index (χ3v) is 8.52. The van der Waals surface area contributed by atoms with Gasteiger partial charge in [-0.05, 0) is 70.7 Å². The van der Waals surface area contributed by atoms with Gasteiger partial charge in [-0.2, -0.15) is 0 Å². The standard InChI is InChI=1S/C34H39F2N3O4/c1-21-26(24-11-13-25(14-12-24)30(40)37-19-23-9-7-6-8-10-23)28(39-17-15-33(16-18-39)20-34(33,35)36)27(22(2)38-21)29(31(41)42)43-32(3,4)5/h6-14,29H,15-20H2,1-5H3,(H,37,40)(H,41,42). The Morgan fingerprint density at radius 3 is 2.16 bits per heavy atom. The van der Waals surface area contributed by atoms with Crippen molar-refractivity contribution in [3.8, 4) is 11.1 Å². The molecule has 1 atom stereocenters. The number of amides is 1. The first-order chi connectivity index (χ1) is 20.2. The highest BCUT2D eigenvalue weighted by molar-refractivity contribution is 5.95. The largest absolute Gasteiger partial charge is 0.479 e. The molecule has 1 unspecified atom stereocenters. The van der Waals surface area contributed by atoms with Crippen molar-refractivity contribution >= 4 is 17.6 Å². The maximum Gasteiger partial charge on any atom is 0.337 e. The van der Waals surface area contributed by atoms with Crippen molar-refractivity contribution < 1.29 is 28.2 Å². The van der Waals surface area contributed by atoms with E-state index in [9.17, 15) is 23.5 Å². The molecule has 7 nitrogen and oxygen atoms in total. The molecule has 1 aliphatic heterocycles. The Kier molecular flexibility index (Phi) is 8.07. The second-order valence-corrected chi connectivity index (χ2v) is 12.8. The van der Waals surface area contributed by atoms with E-state index in [4.69, 9.17) is 9.72 Å².